The van der Waals surface area contributed by atoms with E-state index in [2.05, 4.69) is 40.4 Å². The van der Waals surface area contributed by atoms with Crippen molar-refractivity contribution in [1.82, 2.24) is 20.4 Å². The van der Waals surface area contributed by atoms with Crippen LogP contribution in [-0.4, -0.2) is 21.0 Å². The van der Waals surface area contributed by atoms with Crippen LogP contribution in [0.3, 0.4) is 0 Å². The second-order valence-electron chi connectivity index (χ2n) is 6.51. The highest BCUT2D eigenvalue weighted by Crippen LogP contribution is 2.25. The number of nitrogens with zero attached hydrogens (tertiary/aromatic N) is 3. The smallest absolute Gasteiger partial charge is 0.227 e. The predicted octanol–water partition coefficient (Wildman–Crippen LogP) is 4.03. The van der Waals surface area contributed by atoms with Crippen LogP contribution in [0.15, 0.2) is 46.6 Å². The summed E-state index contributed by atoms with van der Waals surface area (Å²) in [5.41, 5.74) is 0.842. The Hall–Kier alpha value is -2.54. The summed E-state index contributed by atoms with van der Waals surface area (Å²) in [6.45, 7) is 4.32. The Kier molecular flexibility index (Phi) is 6.12. The standard InChI is InChI=1S/C19H22N4O2S/c1-13(2)12-15(16-4-3-11-26-16)21-17(24)5-6-18-22-19(23-25-18)14-7-9-20-10-8-14/h3-4,7-11,13,15H,5-6,12H2,1-2H3,(H,21,24)/t15-/m1/s1. The Morgan fingerprint density at radius 1 is 1.27 bits per heavy atom. The van der Waals surface area contributed by atoms with Crippen LogP contribution < -0.4 is 5.32 Å². The maximum atomic E-state index is 12.4. The van der Waals surface area contributed by atoms with Crippen LogP contribution in [0, 0.1) is 5.92 Å². The third-order valence-corrected chi connectivity index (χ3v) is 4.89. The maximum absolute atomic E-state index is 12.4. The average Bonchev–Trinajstić information content (AvgIpc) is 3.32. The lowest BCUT2D eigenvalue weighted by Gasteiger charge is -2.19. The normalized spacial score (nSPS) is 12.3. The third kappa shape index (κ3) is 4.98. The molecule has 3 heterocycles. The van der Waals surface area contributed by atoms with Crippen molar-refractivity contribution in [2.75, 3.05) is 0 Å². The van der Waals surface area contributed by atoms with Gasteiger partial charge in [-0.15, -0.1) is 11.3 Å². The molecule has 0 unspecified atom stereocenters. The zero-order valence-electron chi connectivity index (χ0n) is 14.9. The quantitative estimate of drug-likeness (QED) is 0.647. The fourth-order valence-electron chi connectivity index (χ4n) is 2.67. The van der Waals surface area contributed by atoms with Crippen molar-refractivity contribution in [3.8, 4) is 11.4 Å². The van der Waals surface area contributed by atoms with Crippen LogP contribution in [-0.2, 0) is 11.2 Å². The molecule has 3 aromatic heterocycles. The lowest BCUT2D eigenvalue weighted by Crippen LogP contribution is -2.29. The summed E-state index contributed by atoms with van der Waals surface area (Å²) in [6.07, 6.45) is 5.01. The summed E-state index contributed by atoms with van der Waals surface area (Å²) in [4.78, 5) is 21.9. The summed E-state index contributed by atoms with van der Waals surface area (Å²) < 4.78 is 5.25. The molecule has 0 saturated carbocycles. The third-order valence-electron chi connectivity index (χ3n) is 3.90. The lowest BCUT2D eigenvalue weighted by molar-refractivity contribution is -0.122. The fraction of sp³-hybridized carbons (Fsp3) is 0.368. The zero-order valence-corrected chi connectivity index (χ0v) is 15.7. The topological polar surface area (TPSA) is 80.9 Å². The lowest BCUT2D eigenvalue weighted by atomic mass is 10.0. The van der Waals surface area contributed by atoms with Gasteiger partial charge in [0.15, 0.2) is 0 Å². The van der Waals surface area contributed by atoms with Crippen molar-refractivity contribution in [2.24, 2.45) is 5.92 Å². The van der Waals surface area contributed by atoms with E-state index in [0.29, 0.717) is 30.5 Å². The number of hydrogen-bond acceptors (Lipinski definition) is 6. The van der Waals surface area contributed by atoms with E-state index in [-0.39, 0.29) is 11.9 Å². The molecule has 26 heavy (non-hydrogen) atoms. The molecular weight excluding hydrogens is 348 g/mol. The fourth-order valence-corrected chi connectivity index (χ4v) is 3.46. The molecule has 0 aliphatic carbocycles. The Bertz CT molecular complexity index is 815. The highest BCUT2D eigenvalue weighted by atomic mass is 32.1. The van der Waals surface area contributed by atoms with Gasteiger partial charge in [0.25, 0.3) is 0 Å². The monoisotopic (exact) mass is 370 g/mol. The van der Waals surface area contributed by atoms with Crippen molar-refractivity contribution in [3.05, 3.63) is 52.8 Å². The molecule has 0 saturated heterocycles. The molecule has 0 aliphatic rings. The van der Waals surface area contributed by atoms with Gasteiger partial charge in [0.1, 0.15) is 0 Å². The first-order valence-electron chi connectivity index (χ1n) is 8.67. The van der Waals surface area contributed by atoms with E-state index < -0.39 is 0 Å². The first-order chi connectivity index (χ1) is 12.6. The van der Waals surface area contributed by atoms with Crippen LogP contribution >= 0.6 is 11.3 Å². The van der Waals surface area contributed by atoms with Gasteiger partial charge >= 0.3 is 0 Å². The van der Waals surface area contributed by atoms with Gasteiger partial charge in [-0.05, 0) is 35.9 Å². The molecule has 3 rings (SSSR count). The number of pyridine rings is 1. The number of hydrogen-bond donors (Lipinski definition) is 1. The number of nitrogens with one attached hydrogen (secondary N) is 1. The molecule has 0 aliphatic heterocycles. The van der Waals surface area contributed by atoms with Gasteiger partial charge in [0, 0.05) is 35.7 Å². The van der Waals surface area contributed by atoms with E-state index in [4.69, 9.17) is 4.52 Å². The van der Waals surface area contributed by atoms with E-state index in [0.717, 1.165) is 12.0 Å². The molecule has 0 aromatic carbocycles. The average molecular weight is 370 g/mol. The van der Waals surface area contributed by atoms with Gasteiger partial charge in [0.05, 0.1) is 6.04 Å². The zero-order chi connectivity index (χ0) is 18.4. The molecule has 1 N–H and O–H groups in total. The summed E-state index contributed by atoms with van der Waals surface area (Å²) in [7, 11) is 0. The minimum atomic E-state index is -0.00675. The first kappa shape index (κ1) is 18.3. The molecular formula is C19H22N4O2S. The summed E-state index contributed by atoms with van der Waals surface area (Å²) in [5.74, 6) is 1.47. The Labute approximate surface area is 156 Å². The summed E-state index contributed by atoms with van der Waals surface area (Å²) in [6, 6.07) is 7.77. The second kappa shape index (κ2) is 8.71. The minimum absolute atomic E-state index is 0.00675. The van der Waals surface area contributed by atoms with E-state index in [9.17, 15) is 4.79 Å². The number of aromatic nitrogens is 3. The molecule has 0 fully saturated rings. The van der Waals surface area contributed by atoms with Crippen molar-refractivity contribution in [3.63, 3.8) is 0 Å². The van der Waals surface area contributed by atoms with E-state index >= 15 is 0 Å². The van der Waals surface area contributed by atoms with Gasteiger partial charge in [-0.25, -0.2) is 0 Å². The molecule has 1 amide bonds. The Morgan fingerprint density at radius 2 is 2.08 bits per heavy atom. The van der Waals surface area contributed by atoms with E-state index in [1.165, 1.54) is 4.88 Å². The van der Waals surface area contributed by atoms with E-state index in [1.54, 1.807) is 23.7 Å². The van der Waals surface area contributed by atoms with Gasteiger partial charge in [-0.2, -0.15) is 4.98 Å². The molecule has 1 atom stereocenters. The summed E-state index contributed by atoms with van der Waals surface area (Å²) in [5, 5.41) is 9.13. The van der Waals surface area contributed by atoms with Gasteiger partial charge in [0.2, 0.25) is 17.6 Å². The number of carbonyl (C=O) groups excluding carboxylic acids is 1. The molecule has 136 valence electrons. The number of carbonyl (C=O) groups is 1. The van der Waals surface area contributed by atoms with E-state index in [1.807, 2.05) is 23.6 Å². The SMILES string of the molecule is CC(C)C[C@@H](NC(=O)CCc1nc(-c2ccncc2)no1)c1cccs1. The number of aryl methyl sites for hydroxylation is 1. The maximum Gasteiger partial charge on any atom is 0.227 e. The summed E-state index contributed by atoms with van der Waals surface area (Å²) >= 11 is 1.67. The molecule has 0 radical (unpaired) electrons. The van der Waals surface area contributed by atoms with Crippen LogP contribution in [0.4, 0.5) is 0 Å². The highest BCUT2D eigenvalue weighted by Gasteiger charge is 2.18. The van der Waals surface area contributed by atoms with Crippen molar-refractivity contribution in [2.45, 2.75) is 39.2 Å². The highest BCUT2D eigenvalue weighted by molar-refractivity contribution is 7.10. The van der Waals surface area contributed by atoms with Gasteiger partial charge < -0.3 is 9.84 Å². The number of thiophene rings is 1. The van der Waals surface area contributed by atoms with Gasteiger partial charge in [-0.3, -0.25) is 9.78 Å². The molecule has 0 bridgehead atoms. The van der Waals surface area contributed by atoms with Crippen LogP contribution in [0.2, 0.25) is 0 Å². The minimum Gasteiger partial charge on any atom is -0.348 e. The molecule has 0 spiro atoms. The Morgan fingerprint density at radius 3 is 2.77 bits per heavy atom. The Balaban J connectivity index is 1.56. The predicted molar refractivity (Wildman–Crippen MR) is 101 cm³/mol. The number of rotatable bonds is 8. The van der Waals surface area contributed by atoms with Crippen molar-refractivity contribution in [1.29, 1.82) is 0 Å². The van der Waals surface area contributed by atoms with Crippen LogP contribution in [0.25, 0.3) is 11.4 Å². The first-order valence-corrected chi connectivity index (χ1v) is 9.55. The van der Waals surface area contributed by atoms with Crippen molar-refractivity contribution < 1.29 is 9.32 Å². The molecule has 3 aromatic rings. The largest absolute Gasteiger partial charge is 0.348 e. The molecule has 7 heteroatoms. The van der Waals surface area contributed by atoms with Crippen LogP contribution in [0.1, 0.15) is 43.5 Å². The molecule has 6 nitrogen and oxygen atoms in total. The van der Waals surface area contributed by atoms with Crippen LogP contribution in [0.5, 0.6) is 0 Å². The van der Waals surface area contributed by atoms with Gasteiger partial charge in [-0.1, -0.05) is 25.1 Å². The van der Waals surface area contributed by atoms with Crippen molar-refractivity contribution >= 4 is 17.2 Å². The number of amides is 1. The second-order valence-corrected chi connectivity index (χ2v) is 7.49.